The molecule has 1 saturated heterocycles. The van der Waals surface area contributed by atoms with Crippen LogP contribution in [0.5, 0.6) is 5.75 Å². The van der Waals surface area contributed by atoms with Gasteiger partial charge in [-0.05, 0) is 25.3 Å². The highest BCUT2D eigenvalue weighted by molar-refractivity contribution is 5.60. The van der Waals surface area contributed by atoms with Gasteiger partial charge in [-0.1, -0.05) is 6.92 Å². The zero-order valence-corrected chi connectivity index (χ0v) is 11.7. The molecule has 0 aliphatic carbocycles. The van der Waals surface area contributed by atoms with E-state index in [1.54, 1.807) is 12.1 Å². The van der Waals surface area contributed by atoms with Crippen LogP contribution in [-0.2, 0) is 0 Å². The molecule has 20 heavy (non-hydrogen) atoms. The SMILES string of the molecule is CCCOc1cc(N2CCCC2CN)ccc1[N+](=O)[O-]. The summed E-state index contributed by atoms with van der Waals surface area (Å²) in [7, 11) is 0. The van der Waals surface area contributed by atoms with E-state index in [1.807, 2.05) is 6.92 Å². The molecule has 2 N–H and O–H groups in total. The molecule has 6 nitrogen and oxygen atoms in total. The van der Waals surface area contributed by atoms with Crippen molar-refractivity contribution in [1.82, 2.24) is 0 Å². The van der Waals surface area contributed by atoms with Crippen molar-refractivity contribution in [3.8, 4) is 5.75 Å². The Morgan fingerprint density at radius 2 is 2.35 bits per heavy atom. The fourth-order valence-electron chi connectivity index (χ4n) is 2.58. The molecular formula is C14H21N3O3. The molecule has 0 bridgehead atoms. The van der Waals surface area contributed by atoms with Crippen molar-refractivity contribution < 1.29 is 9.66 Å². The van der Waals surface area contributed by atoms with E-state index in [2.05, 4.69) is 4.90 Å². The van der Waals surface area contributed by atoms with Gasteiger partial charge in [-0.2, -0.15) is 0 Å². The van der Waals surface area contributed by atoms with E-state index in [0.717, 1.165) is 31.5 Å². The number of hydrogen-bond donors (Lipinski definition) is 1. The van der Waals surface area contributed by atoms with Gasteiger partial charge in [0.05, 0.1) is 11.5 Å². The van der Waals surface area contributed by atoms with Crippen LogP contribution in [0.4, 0.5) is 11.4 Å². The first-order valence-electron chi connectivity index (χ1n) is 7.05. The summed E-state index contributed by atoms with van der Waals surface area (Å²) in [5.41, 5.74) is 6.75. The van der Waals surface area contributed by atoms with E-state index in [-0.39, 0.29) is 5.69 Å². The average molecular weight is 279 g/mol. The maximum Gasteiger partial charge on any atom is 0.311 e. The molecule has 0 radical (unpaired) electrons. The molecule has 0 spiro atoms. The second-order valence-corrected chi connectivity index (χ2v) is 4.98. The van der Waals surface area contributed by atoms with Crippen molar-refractivity contribution in [3.63, 3.8) is 0 Å². The number of nitro benzene ring substituents is 1. The summed E-state index contributed by atoms with van der Waals surface area (Å²) in [4.78, 5) is 12.8. The number of ether oxygens (including phenoxy) is 1. The lowest BCUT2D eigenvalue weighted by molar-refractivity contribution is -0.385. The van der Waals surface area contributed by atoms with Crippen molar-refractivity contribution in [2.75, 3.05) is 24.6 Å². The minimum Gasteiger partial charge on any atom is -0.487 e. The van der Waals surface area contributed by atoms with Crippen LogP contribution in [0.3, 0.4) is 0 Å². The molecule has 1 unspecified atom stereocenters. The van der Waals surface area contributed by atoms with Gasteiger partial charge in [0.25, 0.3) is 0 Å². The highest BCUT2D eigenvalue weighted by Crippen LogP contribution is 2.34. The predicted octanol–water partition coefficient (Wildman–Crippen LogP) is 2.31. The number of benzene rings is 1. The fourth-order valence-corrected chi connectivity index (χ4v) is 2.58. The second kappa shape index (κ2) is 6.56. The average Bonchev–Trinajstić information content (AvgIpc) is 2.93. The van der Waals surface area contributed by atoms with Gasteiger partial charge in [0.1, 0.15) is 0 Å². The number of nitrogens with two attached hydrogens (primary N) is 1. The molecular weight excluding hydrogens is 258 g/mol. The number of anilines is 1. The van der Waals surface area contributed by atoms with E-state index >= 15 is 0 Å². The van der Waals surface area contributed by atoms with Gasteiger partial charge < -0.3 is 15.4 Å². The Labute approximate surface area is 118 Å². The molecule has 0 saturated carbocycles. The maximum atomic E-state index is 11.0. The first kappa shape index (κ1) is 14.6. The first-order chi connectivity index (χ1) is 9.67. The summed E-state index contributed by atoms with van der Waals surface area (Å²) < 4.78 is 5.52. The summed E-state index contributed by atoms with van der Waals surface area (Å²) >= 11 is 0. The molecule has 1 fully saturated rings. The summed E-state index contributed by atoms with van der Waals surface area (Å²) in [5, 5.41) is 11.0. The third-order valence-electron chi connectivity index (χ3n) is 3.58. The molecule has 2 rings (SSSR count). The van der Waals surface area contributed by atoms with Crippen molar-refractivity contribution >= 4 is 11.4 Å². The van der Waals surface area contributed by atoms with E-state index in [4.69, 9.17) is 10.5 Å². The van der Waals surface area contributed by atoms with Crippen LogP contribution in [0, 0.1) is 10.1 Å². The molecule has 1 aromatic rings. The zero-order valence-electron chi connectivity index (χ0n) is 11.7. The van der Waals surface area contributed by atoms with Gasteiger partial charge in [-0.3, -0.25) is 10.1 Å². The number of nitrogens with zero attached hydrogens (tertiary/aromatic N) is 2. The lowest BCUT2D eigenvalue weighted by atomic mass is 10.2. The largest absolute Gasteiger partial charge is 0.487 e. The van der Waals surface area contributed by atoms with Gasteiger partial charge in [0, 0.05) is 37.0 Å². The Morgan fingerprint density at radius 3 is 3.00 bits per heavy atom. The number of rotatable bonds is 6. The van der Waals surface area contributed by atoms with Crippen molar-refractivity contribution in [3.05, 3.63) is 28.3 Å². The number of nitro groups is 1. The molecule has 1 atom stereocenters. The third-order valence-corrected chi connectivity index (χ3v) is 3.58. The highest BCUT2D eigenvalue weighted by Gasteiger charge is 2.25. The monoisotopic (exact) mass is 279 g/mol. The van der Waals surface area contributed by atoms with Crippen LogP contribution < -0.4 is 15.4 Å². The smallest absolute Gasteiger partial charge is 0.311 e. The number of hydrogen-bond acceptors (Lipinski definition) is 5. The molecule has 0 amide bonds. The van der Waals surface area contributed by atoms with Crippen LogP contribution in [0.2, 0.25) is 0 Å². The minimum absolute atomic E-state index is 0.0192. The predicted molar refractivity (Wildman–Crippen MR) is 78.3 cm³/mol. The van der Waals surface area contributed by atoms with E-state index < -0.39 is 4.92 Å². The van der Waals surface area contributed by atoms with Crippen molar-refractivity contribution in [2.24, 2.45) is 5.73 Å². The van der Waals surface area contributed by atoms with Crippen molar-refractivity contribution in [1.29, 1.82) is 0 Å². The van der Waals surface area contributed by atoms with E-state index in [0.29, 0.717) is 24.9 Å². The summed E-state index contributed by atoms with van der Waals surface area (Å²) in [5.74, 6) is 0.344. The Morgan fingerprint density at radius 1 is 1.55 bits per heavy atom. The Balaban J connectivity index is 2.28. The maximum absolute atomic E-state index is 11.0. The minimum atomic E-state index is -0.404. The Kier molecular flexibility index (Phi) is 4.79. The highest BCUT2D eigenvalue weighted by atomic mass is 16.6. The van der Waals surface area contributed by atoms with Gasteiger partial charge in [0.15, 0.2) is 5.75 Å². The van der Waals surface area contributed by atoms with Gasteiger partial charge >= 0.3 is 5.69 Å². The topological polar surface area (TPSA) is 81.6 Å². The molecule has 1 aliphatic heterocycles. The third kappa shape index (κ3) is 3.01. The van der Waals surface area contributed by atoms with E-state index in [9.17, 15) is 10.1 Å². The van der Waals surface area contributed by atoms with Gasteiger partial charge in [-0.15, -0.1) is 0 Å². The fraction of sp³-hybridized carbons (Fsp3) is 0.571. The summed E-state index contributed by atoms with van der Waals surface area (Å²) in [6.45, 7) is 3.99. The lowest BCUT2D eigenvalue weighted by Crippen LogP contribution is -2.35. The standard InChI is InChI=1S/C14H21N3O3/c1-2-8-20-14-9-11(5-6-13(14)17(18)19)16-7-3-4-12(16)10-15/h5-6,9,12H,2-4,7-8,10,15H2,1H3. The van der Waals surface area contributed by atoms with Gasteiger partial charge in [-0.25, -0.2) is 0 Å². The second-order valence-electron chi connectivity index (χ2n) is 4.98. The quantitative estimate of drug-likeness (QED) is 0.638. The molecule has 110 valence electrons. The molecule has 6 heteroatoms. The molecule has 1 aromatic carbocycles. The van der Waals surface area contributed by atoms with Gasteiger partial charge in [0.2, 0.25) is 0 Å². The van der Waals surface area contributed by atoms with Crippen LogP contribution in [0.15, 0.2) is 18.2 Å². The van der Waals surface area contributed by atoms with Crippen LogP contribution in [-0.4, -0.2) is 30.7 Å². The summed E-state index contributed by atoms with van der Waals surface area (Å²) in [6, 6.07) is 5.38. The van der Waals surface area contributed by atoms with Crippen LogP contribution >= 0.6 is 0 Å². The lowest BCUT2D eigenvalue weighted by Gasteiger charge is -2.26. The van der Waals surface area contributed by atoms with E-state index in [1.165, 1.54) is 6.07 Å². The van der Waals surface area contributed by atoms with Crippen LogP contribution in [0.25, 0.3) is 0 Å². The Bertz CT molecular complexity index is 479. The summed E-state index contributed by atoms with van der Waals surface area (Å²) in [6.07, 6.45) is 2.99. The zero-order chi connectivity index (χ0) is 14.5. The molecule has 1 heterocycles. The molecule has 1 aliphatic rings. The molecule has 0 aromatic heterocycles. The Hall–Kier alpha value is -1.82. The first-order valence-corrected chi connectivity index (χ1v) is 7.05. The van der Waals surface area contributed by atoms with Crippen molar-refractivity contribution in [2.45, 2.75) is 32.2 Å². The normalized spacial score (nSPS) is 18.3. The van der Waals surface area contributed by atoms with Crippen LogP contribution in [0.1, 0.15) is 26.2 Å².